The first kappa shape index (κ1) is 8.53. The van der Waals surface area contributed by atoms with Gasteiger partial charge < -0.3 is 10.4 Å². The molecule has 1 fully saturated rings. The Morgan fingerprint density at radius 1 is 1.73 bits per heavy atom. The molecule has 0 aromatic rings. The van der Waals surface area contributed by atoms with Gasteiger partial charge in [0.15, 0.2) is 0 Å². The minimum absolute atomic E-state index is 0.324. The molecule has 3 heteroatoms. The number of hydrogen-bond donors (Lipinski definition) is 2. The van der Waals surface area contributed by atoms with Crippen molar-refractivity contribution in [2.75, 3.05) is 0 Å². The van der Waals surface area contributed by atoms with Crippen LogP contribution >= 0.6 is 0 Å². The molecule has 0 spiro atoms. The van der Waals surface area contributed by atoms with E-state index in [0.717, 1.165) is 6.42 Å². The van der Waals surface area contributed by atoms with Gasteiger partial charge in [-0.1, -0.05) is 13.8 Å². The highest BCUT2D eigenvalue weighted by molar-refractivity contribution is 5.67. The summed E-state index contributed by atoms with van der Waals surface area (Å²) in [5, 5.41) is 11.8. The van der Waals surface area contributed by atoms with Crippen molar-refractivity contribution in [3.8, 4) is 0 Å². The SMILES string of the molecule is CC(C)N[C@H]1C[C@@H]1CC(=O)O. The summed E-state index contributed by atoms with van der Waals surface area (Å²) in [5.74, 6) is -0.294. The van der Waals surface area contributed by atoms with Gasteiger partial charge in [-0.15, -0.1) is 0 Å². The number of carbonyl (C=O) groups is 1. The molecule has 1 aliphatic rings. The quantitative estimate of drug-likeness (QED) is 0.636. The third kappa shape index (κ3) is 2.89. The van der Waals surface area contributed by atoms with E-state index in [1.54, 1.807) is 0 Å². The molecule has 11 heavy (non-hydrogen) atoms. The van der Waals surface area contributed by atoms with Crippen LogP contribution in [0.25, 0.3) is 0 Å². The maximum atomic E-state index is 10.3. The summed E-state index contributed by atoms with van der Waals surface area (Å²) in [6.45, 7) is 4.16. The van der Waals surface area contributed by atoms with Crippen molar-refractivity contribution in [1.82, 2.24) is 5.32 Å². The standard InChI is InChI=1S/C8H15NO2/c1-5(2)9-7-3-6(7)4-8(10)11/h5-7,9H,3-4H2,1-2H3,(H,10,11)/t6-,7+/m1/s1. The molecule has 0 aliphatic heterocycles. The van der Waals surface area contributed by atoms with Crippen LogP contribution in [0.15, 0.2) is 0 Å². The molecule has 2 atom stereocenters. The van der Waals surface area contributed by atoms with Gasteiger partial charge in [0.25, 0.3) is 0 Å². The van der Waals surface area contributed by atoms with Gasteiger partial charge in [-0.25, -0.2) is 0 Å². The van der Waals surface area contributed by atoms with Crippen LogP contribution in [0.1, 0.15) is 26.7 Å². The van der Waals surface area contributed by atoms with Crippen molar-refractivity contribution in [3.05, 3.63) is 0 Å². The summed E-state index contributed by atoms with van der Waals surface area (Å²) in [6.07, 6.45) is 1.36. The van der Waals surface area contributed by atoms with Gasteiger partial charge in [-0.3, -0.25) is 4.79 Å². The van der Waals surface area contributed by atoms with Crippen LogP contribution in [0.2, 0.25) is 0 Å². The lowest BCUT2D eigenvalue weighted by Crippen LogP contribution is -2.26. The highest BCUT2D eigenvalue weighted by Gasteiger charge is 2.38. The van der Waals surface area contributed by atoms with Crippen molar-refractivity contribution in [2.24, 2.45) is 5.92 Å². The van der Waals surface area contributed by atoms with Crippen molar-refractivity contribution in [3.63, 3.8) is 0 Å². The van der Waals surface area contributed by atoms with Crippen LogP contribution in [0.4, 0.5) is 0 Å². The van der Waals surface area contributed by atoms with E-state index >= 15 is 0 Å². The van der Waals surface area contributed by atoms with Gasteiger partial charge in [-0.2, -0.15) is 0 Å². The van der Waals surface area contributed by atoms with Crippen LogP contribution in [-0.4, -0.2) is 23.2 Å². The van der Waals surface area contributed by atoms with Gasteiger partial charge in [0.1, 0.15) is 0 Å². The topological polar surface area (TPSA) is 49.3 Å². The van der Waals surface area contributed by atoms with E-state index in [1.807, 2.05) is 0 Å². The maximum Gasteiger partial charge on any atom is 0.303 e. The summed E-state index contributed by atoms with van der Waals surface area (Å²) >= 11 is 0. The maximum absolute atomic E-state index is 10.3. The summed E-state index contributed by atoms with van der Waals surface area (Å²) < 4.78 is 0. The Balaban J connectivity index is 2.11. The second-order valence-electron chi connectivity index (χ2n) is 3.52. The number of nitrogens with one attached hydrogen (secondary N) is 1. The van der Waals surface area contributed by atoms with Gasteiger partial charge in [0.05, 0.1) is 0 Å². The van der Waals surface area contributed by atoms with E-state index in [9.17, 15) is 4.79 Å². The first-order valence-electron chi connectivity index (χ1n) is 4.07. The summed E-state index contributed by atoms with van der Waals surface area (Å²) in [4.78, 5) is 10.3. The molecule has 1 aliphatic carbocycles. The third-order valence-electron chi connectivity index (χ3n) is 1.91. The Kier molecular flexibility index (Phi) is 2.49. The molecule has 0 unspecified atom stereocenters. The molecule has 3 nitrogen and oxygen atoms in total. The molecule has 0 heterocycles. The lowest BCUT2D eigenvalue weighted by molar-refractivity contribution is -0.137. The Morgan fingerprint density at radius 2 is 2.36 bits per heavy atom. The summed E-state index contributed by atoms with van der Waals surface area (Å²) in [5.41, 5.74) is 0. The fourth-order valence-corrected chi connectivity index (χ4v) is 1.33. The second-order valence-corrected chi connectivity index (χ2v) is 3.52. The summed E-state index contributed by atoms with van der Waals surface area (Å²) in [6, 6.07) is 0.935. The van der Waals surface area contributed by atoms with Crippen molar-refractivity contribution in [2.45, 2.75) is 38.8 Å². The van der Waals surface area contributed by atoms with E-state index in [4.69, 9.17) is 5.11 Å². The number of carboxylic acid groups (broad SMARTS) is 1. The molecule has 0 bridgehead atoms. The lowest BCUT2D eigenvalue weighted by atomic mass is 10.3. The molecular weight excluding hydrogens is 142 g/mol. The van der Waals surface area contributed by atoms with E-state index in [0.29, 0.717) is 24.4 Å². The lowest BCUT2D eigenvalue weighted by Gasteiger charge is -2.05. The molecule has 0 aromatic heterocycles. The fraction of sp³-hybridized carbons (Fsp3) is 0.875. The number of rotatable bonds is 4. The predicted molar refractivity (Wildman–Crippen MR) is 42.4 cm³/mol. The van der Waals surface area contributed by atoms with Crippen LogP contribution in [0.3, 0.4) is 0 Å². The van der Waals surface area contributed by atoms with Gasteiger partial charge in [0, 0.05) is 18.5 Å². The van der Waals surface area contributed by atoms with Crippen molar-refractivity contribution in [1.29, 1.82) is 0 Å². The molecule has 0 saturated heterocycles. The Labute approximate surface area is 66.8 Å². The molecule has 1 saturated carbocycles. The second kappa shape index (κ2) is 3.22. The number of aliphatic carboxylic acids is 1. The van der Waals surface area contributed by atoms with Crippen LogP contribution in [0, 0.1) is 5.92 Å². The minimum atomic E-state index is -0.678. The molecule has 0 amide bonds. The van der Waals surface area contributed by atoms with E-state index < -0.39 is 5.97 Å². The summed E-state index contributed by atoms with van der Waals surface area (Å²) in [7, 11) is 0. The van der Waals surface area contributed by atoms with Crippen LogP contribution in [-0.2, 0) is 4.79 Å². The third-order valence-corrected chi connectivity index (χ3v) is 1.91. The Morgan fingerprint density at radius 3 is 2.82 bits per heavy atom. The van der Waals surface area contributed by atoms with Crippen LogP contribution < -0.4 is 5.32 Å². The fourth-order valence-electron chi connectivity index (χ4n) is 1.33. The van der Waals surface area contributed by atoms with Crippen molar-refractivity contribution < 1.29 is 9.90 Å². The number of carboxylic acids is 1. The smallest absolute Gasteiger partial charge is 0.303 e. The van der Waals surface area contributed by atoms with E-state index in [1.165, 1.54) is 0 Å². The highest BCUT2D eigenvalue weighted by Crippen LogP contribution is 2.33. The van der Waals surface area contributed by atoms with Gasteiger partial charge in [0.2, 0.25) is 0 Å². The highest BCUT2D eigenvalue weighted by atomic mass is 16.4. The largest absolute Gasteiger partial charge is 0.481 e. The first-order valence-corrected chi connectivity index (χ1v) is 4.07. The zero-order valence-corrected chi connectivity index (χ0v) is 7.00. The van der Waals surface area contributed by atoms with Gasteiger partial charge in [-0.05, 0) is 12.3 Å². The van der Waals surface area contributed by atoms with E-state index in [-0.39, 0.29) is 0 Å². The first-order chi connectivity index (χ1) is 5.09. The monoisotopic (exact) mass is 157 g/mol. The van der Waals surface area contributed by atoms with Gasteiger partial charge >= 0.3 is 5.97 Å². The van der Waals surface area contributed by atoms with Crippen LogP contribution in [0.5, 0.6) is 0 Å². The minimum Gasteiger partial charge on any atom is -0.481 e. The van der Waals surface area contributed by atoms with Crippen molar-refractivity contribution >= 4 is 5.97 Å². The zero-order valence-electron chi connectivity index (χ0n) is 7.00. The molecule has 1 rings (SSSR count). The zero-order chi connectivity index (χ0) is 8.43. The average Bonchev–Trinajstić information content (AvgIpc) is 2.43. The average molecular weight is 157 g/mol. The molecular formula is C8H15NO2. The molecule has 0 aromatic carbocycles. The Hall–Kier alpha value is -0.570. The molecule has 64 valence electrons. The Bertz CT molecular complexity index is 156. The molecule has 2 N–H and O–H groups in total. The predicted octanol–water partition coefficient (Wildman–Crippen LogP) is 0.848. The van der Waals surface area contributed by atoms with E-state index in [2.05, 4.69) is 19.2 Å². The molecule has 0 radical (unpaired) electrons. The number of hydrogen-bond acceptors (Lipinski definition) is 2. The normalized spacial score (nSPS) is 29.0.